The van der Waals surface area contributed by atoms with Crippen molar-refractivity contribution in [3.05, 3.63) is 0 Å². The number of hydrogen-bond acceptors (Lipinski definition) is 2. The van der Waals surface area contributed by atoms with E-state index in [4.69, 9.17) is 10.5 Å². The van der Waals surface area contributed by atoms with E-state index in [1.165, 1.54) is 0 Å². The molecule has 0 rings (SSSR count). The van der Waals surface area contributed by atoms with Gasteiger partial charge in [0.05, 0.1) is 8.41 Å². The van der Waals surface area contributed by atoms with E-state index in [-0.39, 0.29) is 59.6 Å². The second-order valence-corrected chi connectivity index (χ2v) is 0. The van der Waals surface area contributed by atoms with Crippen LogP contribution >= 0.6 is 0 Å². The average molecular weight is 170 g/mol. The summed E-state index contributed by atoms with van der Waals surface area (Å²) in [6, 6.07) is 0. The van der Waals surface area contributed by atoms with Crippen molar-refractivity contribution in [3.8, 4) is 13.1 Å². The van der Waals surface area contributed by atoms with Gasteiger partial charge in [-0.15, -0.1) is 0 Å². The zero-order valence-electron chi connectivity index (χ0n) is 4.43. The molecule has 0 aliphatic rings. The Balaban J connectivity index is -0.000000000833. The first-order chi connectivity index (χ1) is 2.00. The van der Waals surface area contributed by atoms with E-state index in [0.29, 0.717) is 0 Å². The number of nitrogens with zero attached hydrogens (tertiary/aromatic N) is 2. The van der Waals surface area contributed by atoms with Gasteiger partial charge < -0.3 is 16.4 Å². The summed E-state index contributed by atoms with van der Waals surface area (Å²) < 4.78 is 0. The van der Waals surface area contributed by atoms with Crippen LogP contribution in [0.5, 0.6) is 0 Å². The van der Waals surface area contributed by atoms with E-state index >= 15 is 0 Å². The summed E-state index contributed by atoms with van der Waals surface area (Å²) in [6.45, 7) is 7.00. The summed E-state index contributed by atoms with van der Waals surface area (Å²) in [5.74, 6) is 0. The van der Waals surface area contributed by atoms with Crippen molar-refractivity contribution >= 4 is 43.1 Å². The molecule has 0 spiro atoms. The van der Waals surface area contributed by atoms with Crippen molar-refractivity contribution in [3.63, 3.8) is 0 Å². The summed E-state index contributed by atoms with van der Waals surface area (Å²) in [4.78, 5) is 0. The molecule has 0 aromatic rings. The molecule has 5 nitrogen and oxygen atoms in total. The Kier molecular flexibility index (Phi) is 114000000. The third-order valence-electron chi connectivity index (χ3n) is 0. The molecule has 0 unspecified atom stereocenters. The first-order valence-corrected chi connectivity index (χ1v) is 0.516. The molecule has 0 N–H and O–H groups in total. The molecule has 50 valence electrons. The minimum absolute atomic E-state index is 0. The van der Waals surface area contributed by atoms with E-state index in [9.17, 15) is 0 Å². The zero-order chi connectivity index (χ0) is 4.00. The first-order valence-electron chi connectivity index (χ1n) is 0.516. The van der Waals surface area contributed by atoms with Gasteiger partial charge in [-0.1, -0.05) is 0 Å². The second kappa shape index (κ2) is 5590000. The molecule has 0 bridgehead atoms. The first kappa shape index (κ1) is 204. The molecule has 0 saturated carbocycles. The molecule has 0 aliphatic heterocycles. The molecule has 0 saturated heterocycles. The van der Waals surface area contributed by atoms with Crippen LogP contribution in [0.2, 0.25) is 0 Å². The molecular weight excluding hydrogens is 165 g/mol. The monoisotopic (exact) mass is 170 g/mol. The molecule has 0 amide bonds. The normalized spacial score (nSPS) is 0.400. The van der Waals surface area contributed by atoms with E-state index in [1.54, 1.807) is 0 Å². The van der Waals surface area contributed by atoms with Gasteiger partial charge in [0.2, 0.25) is 0 Å². The average Bonchev–Trinajstić information content (AvgIpc) is 1.50. The van der Waals surface area contributed by atoms with Crippen LogP contribution in [0, 0.1) is 23.7 Å². The van der Waals surface area contributed by atoms with Crippen LogP contribution in [-0.2, 0) is 16.4 Å². The van der Waals surface area contributed by atoms with Gasteiger partial charge >= 0.3 is 34.7 Å². The smallest absolute Gasteiger partial charge is 2.00 e. The van der Waals surface area contributed by atoms with Gasteiger partial charge in [-0.05, 0) is 0 Å². The summed E-state index contributed by atoms with van der Waals surface area (Å²) in [5.41, 5.74) is 0. The summed E-state index contributed by atoms with van der Waals surface area (Å²) >= 11 is 0. The fourth-order valence-electron chi connectivity index (χ4n) is 0. The van der Waals surface area contributed by atoms with Gasteiger partial charge in [-0.25, -0.2) is 10.5 Å². The maximum Gasteiger partial charge on any atom is 3.00 e. The Morgan fingerprint density at radius 3 is 0.600 bits per heavy atom. The number of hydrogen-bond donors (Lipinski definition) is 0. The van der Waals surface area contributed by atoms with E-state index in [0.717, 1.165) is 0 Å². The maximum atomic E-state index is 6.50. The van der Waals surface area contributed by atoms with Gasteiger partial charge in [0, 0.05) is 13.1 Å². The molecule has 0 aromatic carbocycles. The van der Waals surface area contributed by atoms with Gasteiger partial charge in [0.1, 0.15) is 0 Å². The molecule has 0 aromatic heterocycles. The van der Waals surface area contributed by atoms with Crippen LogP contribution in [0.4, 0.5) is 0 Å². The van der Waals surface area contributed by atoms with Crippen LogP contribution in [0.3, 0.4) is 0 Å². The van der Waals surface area contributed by atoms with E-state index in [1.807, 2.05) is 0 Å². The number of nitriles is 2. The van der Waals surface area contributed by atoms with Crippen molar-refractivity contribution in [1.82, 2.24) is 0 Å². The van der Waals surface area contributed by atoms with Crippen molar-refractivity contribution in [1.29, 1.82) is 10.5 Å². The Labute approximate surface area is 83.4 Å². The quantitative estimate of drug-likeness (QED) is 0.387. The molecule has 0 fully saturated rings. The third kappa shape index (κ3) is 3800000. The summed E-state index contributed by atoms with van der Waals surface area (Å²) in [5, 5.41) is 13.0. The molecule has 0 heterocycles. The molecule has 0 aliphatic carbocycles. The fraction of sp³-hybridized carbons (Fsp3) is 0. The van der Waals surface area contributed by atoms with Crippen LogP contribution in [-0.4, -0.2) is 43.1 Å². The molecule has 0 atom stereocenters. The van der Waals surface area contributed by atoms with Gasteiger partial charge in [0.15, 0.2) is 0 Å². The Hall–Kier alpha value is -0.0101. The topological polar surface area (TPSA) is 133 Å². The SMILES string of the molecule is B.C#N.C#N.[Al+3].[Al+3].[O-2].[O-2].[O-2]. The largest absolute Gasteiger partial charge is 3.00 e. The maximum absolute atomic E-state index is 6.50. The minimum atomic E-state index is 0. The van der Waals surface area contributed by atoms with Crippen LogP contribution in [0.1, 0.15) is 0 Å². The van der Waals surface area contributed by atoms with E-state index in [2.05, 4.69) is 13.1 Å². The van der Waals surface area contributed by atoms with Crippen molar-refractivity contribution in [2.45, 2.75) is 0 Å². The van der Waals surface area contributed by atoms with E-state index < -0.39 is 0 Å². The summed E-state index contributed by atoms with van der Waals surface area (Å²) in [6.07, 6.45) is 0. The van der Waals surface area contributed by atoms with Crippen molar-refractivity contribution < 1.29 is 16.4 Å². The molecule has 8 heteroatoms. The zero-order valence-corrected chi connectivity index (χ0v) is 6.74. The Bertz CT molecular complexity index is 38.0. The molecule has 0 radical (unpaired) electrons. The summed E-state index contributed by atoms with van der Waals surface area (Å²) in [7, 11) is 0. The van der Waals surface area contributed by atoms with Crippen molar-refractivity contribution in [2.24, 2.45) is 0 Å². The minimum Gasteiger partial charge on any atom is -2.00 e. The van der Waals surface area contributed by atoms with Crippen LogP contribution in [0.25, 0.3) is 0 Å². The van der Waals surface area contributed by atoms with Gasteiger partial charge in [0.25, 0.3) is 0 Å². The fourth-order valence-corrected chi connectivity index (χ4v) is 0. The third-order valence-corrected chi connectivity index (χ3v) is 0. The predicted octanol–water partition coefficient (Wildman–Crippen LogP) is -2.02. The molecule has 10 heavy (non-hydrogen) atoms. The van der Waals surface area contributed by atoms with Crippen molar-refractivity contribution in [2.75, 3.05) is 0 Å². The van der Waals surface area contributed by atoms with Crippen LogP contribution < -0.4 is 0 Å². The predicted molar refractivity (Wildman–Crippen MR) is 36.8 cm³/mol. The Morgan fingerprint density at radius 1 is 0.600 bits per heavy atom. The number of rotatable bonds is 0. The van der Waals surface area contributed by atoms with Gasteiger partial charge in [-0.3, -0.25) is 0 Å². The Morgan fingerprint density at radius 2 is 0.600 bits per heavy atom. The van der Waals surface area contributed by atoms with Gasteiger partial charge in [-0.2, -0.15) is 0 Å². The molecular formula is C2H5Al2BN2O3. The second-order valence-electron chi connectivity index (χ2n) is 0. The standard InChI is InChI=1S/2CHN.2Al.BH3.3O/c2*1-2;;;;;;/h2*1H;;;1H3;;;/q;;2*+3;;3*-2. The van der Waals surface area contributed by atoms with Crippen LogP contribution in [0.15, 0.2) is 0 Å².